The minimum absolute atomic E-state index is 0. The first-order valence-corrected chi connectivity index (χ1v) is 8.37. The monoisotopic (exact) mass is 345 g/mol. The maximum Gasteiger partial charge on any atom is 0.251 e. The summed E-state index contributed by atoms with van der Waals surface area (Å²) in [4.78, 5) is 23.4. The van der Waals surface area contributed by atoms with E-state index in [0.717, 1.165) is 11.3 Å². The molecule has 22 heavy (non-hydrogen) atoms. The van der Waals surface area contributed by atoms with Gasteiger partial charge in [-0.2, -0.15) is 11.8 Å². The highest BCUT2D eigenvalue weighted by Crippen LogP contribution is 2.05. The van der Waals surface area contributed by atoms with Crippen molar-refractivity contribution in [3.63, 3.8) is 0 Å². The lowest BCUT2D eigenvalue weighted by Crippen LogP contribution is -2.40. The molecule has 5 nitrogen and oxygen atoms in total. The summed E-state index contributed by atoms with van der Waals surface area (Å²) in [5, 5.41) is 5.55. The number of nitrogens with one attached hydrogen (secondary N) is 2. The van der Waals surface area contributed by atoms with Gasteiger partial charge in [0.05, 0.1) is 6.04 Å². The summed E-state index contributed by atoms with van der Waals surface area (Å²) in [5.41, 5.74) is 7.34. The second-order valence-corrected chi connectivity index (χ2v) is 5.65. The van der Waals surface area contributed by atoms with Crippen molar-refractivity contribution in [3.05, 3.63) is 35.4 Å². The standard InChI is InChI=1S/C15H23N3O2S.ClH/c1-3-17-14(19)12-6-4-11(5-7-12)10-18-15(20)13(16)8-9-21-2;/h4-7,13H,3,8-10,16H2,1-2H3,(H,17,19)(H,18,20);1H/t13-;/m0./s1. The van der Waals surface area contributed by atoms with Crippen LogP contribution in [0.3, 0.4) is 0 Å². The zero-order chi connectivity index (χ0) is 15.7. The summed E-state index contributed by atoms with van der Waals surface area (Å²) >= 11 is 1.67. The van der Waals surface area contributed by atoms with E-state index in [1.54, 1.807) is 23.9 Å². The van der Waals surface area contributed by atoms with Crippen molar-refractivity contribution >= 4 is 36.0 Å². The van der Waals surface area contributed by atoms with Crippen LogP contribution in [0.4, 0.5) is 0 Å². The van der Waals surface area contributed by atoms with Gasteiger partial charge in [0.1, 0.15) is 0 Å². The Morgan fingerprint density at radius 3 is 2.41 bits per heavy atom. The number of benzene rings is 1. The fourth-order valence-electron chi connectivity index (χ4n) is 1.73. The Kier molecular flexibility index (Phi) is 10.7. The molecular formula is C15H24ClN3O2S. The van der Waals surface area contributed by atoms with Crippen molar-refractivity contribution in [2.75, 3.05) is 18.6 Å². The molecule has 0 saturated heterocycles. The number of thioether (sulfide) groups is 1. The van der Waals surface area contributed by atoms with Crippen molar-refractivity contribution in [2.24, 2.45) is 5.73 Å². The molecule has 0 aromatic heterocycles. The van der Waals surface area contributed by atoms with Gasteiger partial charge in [0.25, 0.3) is 5.91 Å². The van der Waals surface area contributed by atoms with Crippen LogP contribution >= 0.6 is 24.2 Å². The van der Waals surface area contributed by atoms with Gasteiger partial charge < -0.3 is 16.4 Å². The van der Waals surface area contributed by atoms with Crippen LogP contribution in [0.5, 0.6) is 0 Å². The second-order valence-electron chi connectivity index (χ2n) is 4.66. The molecule has 0 aliphatic carbocycles. The zero-order valence-corrected chi connectivity index (χ0v) is 14.6. The van der Waals surface area contributed by atoms with Gasteiger partial charge in [-0.05, 0) is 43.0 Å². The number of rotatable bonds is 8. The molecular weight excluding hydrogens is 322 g/mol. The third-order valence-electron chi connectivity index (χ3n) is 2.99. The van der Waals surface area contributed by atoms with Crippen LogP contribution in [0.15, 0.2) is 24.3 Å². The smallest absolute Gasteiger partial charge is 0.251 e. The quantitative estimate of drug-likeness (QED) is 0.667. The number of hydrogen-bond donors (Lipinski definition) is 3. The lowest BCUT2D eigenvalue weighted by atomic mass is 10.1. The van der Waals surface area contributed by atoms with Gasteiger partial charge >= 0.3 is 0 Å². The van der Waals surface area contributed by atoms with Gasteiger partial charge in [0, 0.05) is 18.7 Å². The molecule has 0 aliphatic heterocycles. The molecule has 0 spiro atoms. The van der Waals surface area contributed by atoms with Gasteiger partial charge in [-0.1, -0.05) is 12.1 Å². The first-order valence-electron chi connectivity index (χ1n) is 6.97. The molecule has 0 fully saturated rings. The minimum Gasteiger partial charge on any atom is -0.352 e. The molecule has 0 aliphatic rings. The van der Waals surface area contributed by atoms with Crippen molar-refractivity contribution in [1.29, 1.82) is 0 Å². The average Bonchev–Trinajstić information content (AvgIpc) is 2.50. The largest absolute Gasteiger partial charge is 0.352 e. The maximum atomic E-state index is 11.8. The first kappa shape index (κ1) is 20.8. The third-order valence-corrected chi connectivity index (χ3v) is 3.63. The normalized spacial score (nSPS) is 11.2. The van der Waals surface area contributed by atoms with Crippen LogP contribution < -0.4 is 16.4 Å². The SMILES string of the molecule is CCNC(=O)c1ccc(CNC(=O)[C@@H](N)CCSC)cc1.Cl. The van der Waals surface area contributed by atoms with E-state index in [2.05, 4.69) is 10.6 Å². The summed E-state index contributed by atoms with van der Waals surface area (Å²) < 4.78 is 0. The second kappa shape index (κ2) is 11.3. The van der Waals surface area contributed by atoms with E-state index in [1.165, 1.54) is 0 Å². The summed E-state index contributed by atoms with van der Waals surface area (Å²) in [7, 11) is 0. The molecule has 1 atom stereocenters. The van der Waals surface area contributed by atoms with E-state index in [0.29, 0.717) is 25.1 Å². The Morgan fingerprint density at radius 2 is 1.86 bits per heavy atom. The lowest BCUT2D eigenvalue weighted by molar-refractivity contribution is -0.122. The molecule has 124 valence electrons. The number of carbonyl (C=O) groups is 2. The number of halogens is 1. The Hall–Kier alpha value is -1.24. The lowest BCUT2D eigenvalue weighted by Gasteiger charge is -2.11. The summed E-state index contributed by atoms with van der Waals surface area (Å²) in [6.07, 6.45) is 2.66. The predicted octanol–water partition coefficient (Wildman–Crippen LogP) is 1.55. The fourth-order valence-corrected chi connectivity index (χ4v) is 2.22. The van der Waals surface area contributed by atoms with Crippen LogP contribution in [0, 0.1) is 0 Å². The highest BCUT2D eigenvalue weighted by molar-refractivity contribution is 7.98. The van der Waals surface area contributed by atoms with Crippen molar-refractivity contribution in [2.45, 2.75) is 25.9 Å². The molecule has 2 amide bonds. The van der Waals surface area contributed by atoms with E-state index in [1.807, 2.05) is 25.3 Å². The molecule has 0 radical (unpaired) electrons. The topological polar surface area (TPSA) is 84.2 Å². The molecule has 1 aromatic carbocycles. The van der Waals surface area contributed by atoms with E-state index in [-0.39, 0.29) is 24.2 Å². The van der Waals surface area contributed by atoms with Crippen LogP contribution in [0.25, 0.3) is 0 Å². The Labute approximate surface area is 142 Å². The molecule has 1 rings (SSSR count). The van der Waals surface area contributed by atoms with Crippen LogP contribution in [-0.4, -0.2) is 36.4 Å². The molecule has 0 bridgehead atoms. The van der Waals surface area contributed by atoms with E-state index < -0.39 is 6.04 Å². The van der Waals surface area contributed by atoms with Gasteiger partial charge in [-0.3, -0.25) is 9.59 Å². The highest BCUT2D eigenvalue weighted by atomic mass is 35.5. The fraction of sp³-hybridized carbons (Fsp3) is 0.467. The van der Waals surface area contributed by atoms with Crippen LogP contribution in [0.2, 0.25) is 0 Å². The Balaban J connectivity index is 0.00000441. The number of nitrogens with two attached hydrogens (primary N) is 1. The van der Waals surface area contributed by atoms with Crippen molar-refractivity contribution < 1.29 is 9.59 Å². The van der Waals surface area contributed by atoms with E-state index in [4.69, 9.17) is 5.73 Å². The van der Waals surface area contributed by atoms with Crippen molar-refractivity contribution in [1.82, 2.24) is 10.6 Å². The molecule has 0 unspecified atom stereocenters. The summed E-state index contributed by atoms with van der Waals surface area (Å²) in [6, 6.07) is 6.70. The maximum absolute atomic E-state index is 11.8. The molecule has 7 heteroatoms. The van der Waals surface area contributed by atoms with E-state index in [9.17, 15) is 9.59 Å². The first-order chi connectivity index (χ1) is 10.1. The van der Waals surface area contributed by atoms with Gasteiger partial charge in [0.2, 0.25) is 5.91 Å². The zero-order valence-electron chi connectivity index (χ0n) is 12.9. The van der Waals surface area contributed by atoms with Crippen LogP contribution in [0.1, 0.15) is 29.3 Å². The molecule has 0 saturated carbocycles. The van der Waals surface area contributed by atoms with Gasteiger partial charge in [0.15, 0.2) is 0 Å². The number of carbonyl (C=O) groups excluding carboxylic acids is 2. The van der Waals surface area contributed by atoms with Crippen molar-refractivity contribution in [3.8, 4) is 0 Å². The van der Waals surface area contributed by atoms with Gasteiger partial charge in [-0.25, -0.2) is 0 Å². The summed E-state index contributed by atoms with van der Waals surface area (Å²) in [5.74, 6) is 0.638. The number of hydrogen-bond acceptors (Lipinski definition) is 4. The van der Waals surface area contributed by atoms with Gasteiger partial charge in [-0.15, -0.1) is 12.4 Å². The Morgan fingerprint density at radius 1 is 1.23 bits per heavy atom. The summed E-state index contributed by atoms with van der Waals surface area (Å²) in [6.45, 7) is 2.90. The molecule has 1 aromatic rings. The molecule has 0 heterocycles. The minimum atomic E-state index is -0.466. The highest BCUT2D eigenvalue weighted by Gasteiger charge is 2.12. The molecule has 4 N–H and O–H groups in total. The number of amides is 2. The predicted molar refractivity (Wildman–Crippen MR) is 94.5 cm³/mol. The van der Waals surface area contributed by atoms with E-state index >= 15 is 0 Å². The average molecular weight is 346 g/mol. The Bertz CT molecular complexity index is 468. The van der Waals surface area contributed by atoms with Crippen LogP contribution in [-0.2, 0) is 11.3 Å². The third kappa shape index (κ3) is 7.15.